The molecule has 2 atom stereocenters. The third-order valence-corrected chi connectivity index (χ3v) is 3.32. The molecule has 18 heavy (non-hydrogen) atoms. The van der Waals surface area contributed by atoms with Crippen LogP contribution in [-0.4, -0.2) is 29.8 Å². The van der Waals surface area contributed by atoms with Crippen LogP contribution in [0.3, 0.4) is 0 Å². The van der Waals surface area contributed by atoms with Crippen LogP contribution in [0.25, 0.3) is 0 Å². The summed E-state index contributed by atoms with van der Waals surface area (Å²) < 4.78 is 11.0. The van der Waals surface area contributed by atoms with E-state index in [0.29, 0.717) is 24.3 Å². The van der Waals surface area contributed by atoms with Crippen molar-refractivity contribution < 1.29 is 9.26 Å². The highest BCUT2D eigenvalue weighted by atomic mass is 16.5. The van der Waals surface area contributed by atoms with Crippen LogP contribution in [0.15, 0.2) is 4.52 Å². The summed E-state index contributed by atoms with van der Waals surface area (Å²) >= 11 is 0. The first-order valence-corrected chi connectivity index (χ1v) is 6.85. The normalized spacial score (nSPS) is 21.7. The van der Waals surface area contributed by atoms with Gasteiger partial charge in [0.1, 0.15) is 6.10 Å². The minimum atomic E-state index is -0.0609. The van der Waals surface area contributed by atoms with Gasteiger partial charge in [-0.15, -0.1) is 0 Å². The zero-order chi connectivity index (χ0) is 13.0. The van der Waals surface area contributed by atoms with Gasteiger partial charge in [-0.2, -0.15) is 4.98 Å². The maximum Gasteiger partial charge on any atom is 0.227 e. The summed E-state index contributed by atoms with van der Waals surface area (Å²) in [5.74, 6) is 2.41. The van der Waals surface area contributed by atoms with Crippen LogP contribution in [-0.2, 0) is 11.2 Å². The third-order valence-electron chi connectivity index (χ3n) is 3.32. The molecule has 1 aliphatic rings. The SMILES string of the molecule is CCOC(c1noc(CC2CCNC2)n1)C(C)C. The van der Waals surface area contributed by atoms with Crippen LogP contribution in [0.4, 0.5) is 0 Å². The van der Waals surface area contributed by atoms with Gasteiger partial charge in [-0.05, 0) is 38.3 Å². The Labute approximate surface area is 108 Å². The van der Waals surface area contributed by atoms with Gasteiger partial charge in [0.05, 0.1) is 0 Å². The van der Waals surface area contributed by atoms with Gasteiger partial charge in [0.25, 0.3) is 0 Å². The van der Waals surface area contributed by atoms with E-state index in [9.17, 15) is 0 Å². The molecular formula is C13H23N3O2. The Kier molecular flexibility index (Phi) is 4.72. The molecule has 1 saturated heterocycles. The summed E-state index contributed by atoms with van der Waals surface area (Å²) in [7, 11) is 0. The summed E-state index contributed by atoms with van der Waals surface area (Å²) in [5.41, 5.74) is 0. The van der Waals surface area contributed by atoms with Crippen LogP contribution >= 0.6 is 0 Å². The number of aromatic nitrogens is 2. The highest BCUT2D eigenvalue weighted by molar-refractivity contribution is 4.94. The number of nitrogens with zero attached hydrogens (tertiary/aromatic N) is 2. The molecule has 0 aromatic carbocycles. The average molecular weight is 253 g/mol. The first kappa shape index (κ1) is 13.5. The largest absolute Gasteiger partial charge is 0.370 e. The second-order valence-corrected chi connectivity index (χ2v) is 5.23. The second kappa shape index (κ2) is 6.29. The van der Waals surface area contributed by atoms with Crippen LogP contribution in [0.2, 0.25) is 0 Å². The van der Waals surface area contributed by atoms with E-state index in [1.54, 1.807) is 0 Å². The van der Waals surface area contributed by atoms with Crippen molar-refractivity contribution in [1.29, 1.82) is 0 Å². The minimum Gasteiger partial charge on any atom is -0.370 e. The Balaban J connectivity index is 1.98. The van der Waals surface area contributed by atoms with Crippen molar-refractivity contribution in [3.05, 3.63) is 11.7 Å². The van der Waals surface area contributed by atoms with Crippen LogP contribution < -0.4 is 5.32 Å². The lowest BCUT2D eigenvalue weighted by atomic mass is 10.1. The molecule has 0 saturated carbocycles. The lowest BCUT2D eigenvalue weighted by Gasteiger charge is -2.16. The van der Waals surface area contributed by atoms with Gasteiger partial charge >= 0.3 is 0 Å². The van der Waals surface area contributed by atoms with Gasteiger partial charge < -0.3 is 14.6 Å². The van der Waals surface area contributed by atoms with E-state index in [1.165, 1.54) is 6.42 Å². The van der Waals surface area contributed by atoms with Crippen molar-refractivity contribution in [2.75, 3.05) is 19.7 Å². The Morgan fingerprint density at radius 2 is 2.33 bits per heavy atom. The van der Waals surface area contributed by atoms with Crippen LogP contribution in [0.1, 0.15) is 45.0 Å². The number of ether oxygens (including phenoxy) is 1. The van der Waals surface area contributed by atoms with Crippen molar-refractivity contribution in [1.82, 2.24) is 15.5 Å². The summed E-state index contributed by atoms with van der Waals surface area (Å²) in [4.78, 5) is 4.48. The van der Waals surface area contributed by atoms with E-state index < -0.39 is 0 Å². The average Bonchev–Trinajstić information content (AvgIpc) is 2.97. The summed E-state index contributed by atoms with van der Waals surface area (Å²) in [6, 6.07) is 0. The highest BCUT2D eigenvalue weighted by Crippen LogP contribution is 2.24. The van der Waals surface area contributed by atoms with Crippen molar-refractivity contribution in [2.45, 2.75) is 39.7 Å². The molecule has 0 radical (unpaired) electrons. The Hall–Kier alpha value is -0.940. The third kappa shape index (κ3) is 3.29. The van der Waals surface area contributed by atoms with Crippen molar-refractivity contribution in [3.8, 4) is 0 Å². The van der Waals surface area contributed by atoms with E-state index in [0.717, 1.165) is 25.4 Å². The maximum absolute atomic E-state index is 5.68. The molecule has 5 heteroatoms. The van der Waals surface area contributed by atoms with Gasteiger partial charge in [-0.25, -0.2) is 0 Å². The fourth-order valence-corrected chi connectivity index (χ4v) is 2.35. The molecule has 5 nitrogen and oxygen atoms in total. The molecule has 2 heterocycles. The topological polar surface area (TPSA) is 60.2 Å². The smallest absolute Gasteiger partial charge is 0.227 e. The van der Waals surface area contributed by atoms with Crippen molar-refractivity contribution in [2.24, 2.45) is 11.8 Å². The van der Waals surface area contributed by atoms with Gasteiger partial charge in [0.2, 0.25) is 11.7 Å². The van der Waals surface area contributed by atoms with Gasteiger partial charge in [0.15, 0.2) is 0 Å². The molecule has 0 bridgehead atoms. The lowest BCUT2D eigenvalue weighted by Crippen LogP contribution is -2.13. The monoisotopic (exact) mass is 253 g/mol. The summed E-state index contributed by atoms with van der Waals surface area (Å²) in [5, 5.41) is 7.41. The fraction of sp³-hybridized carbons (Fsp3) is 0.846. The van der Waals surface area contributed by atoms with E-state index in [-0.39, 0.29) is 6.10 Å². The second-order valence-electron chi connectivity index (χ2n) is 5.23. The first-order valence-electron chi connectivity index (χ1n) is 6.85. The van der Waals surface area contributed by atoms with Gasteiger partial charge in [-0.1, -0.05) is 19.0 Å². The number of nitrogens with one attached hydrogen (secondary N) is 1. The molecule has 1 fully saturated rings. The molecular weight excluding hydrogens is 230 g/mol. The first-order chi connectivity index (χ1) is 8.70. The Bertz CT molecular complexity index is 359. The molecule has 2 rings (SSSR count). The predicted octanol–water partition coefficient (Wildman–Crippen LogP) is 1.96. The Morgan fingerprint density at radius 3 is 2.94 bits per heavy atom. The fourth-order valence-electron chi connectivity index (χ4n) is 2.35. The molecule has 1 aliphatic heterocycles. The van der Waals surface area contributed by atoms with Gasteiger partial charge in [-0.3, -0.25) is 0 Å². The van der Waals surface area contributed by atoms with E-state index in [2.05, 4.69) is 29.3 Å². The maximum atomic E-state index is 5.68. The summed E-state index contributed by atoms with van der Waals surface area (Å²) in [6.45, 7) is 9.02. The zero-order valence-electron chi connectivity index (χ0n) is 11.5. The number of hydrogen-bond acceptors (Lipinski definition) is 5. The van der Waals surface area contributed by atoms with Crippen LogP contribution in [0, 0.1) is 11.8 Å². The van der Waals surface area contributed by atoms with E-state index in [1.807, 2.05) is 6.92 Å². The van der Waals surface area contributed by atoms with E-state index >= 15 is 0 Å². The zero-order valence-corrected chi connectivity index (χ0v) is 11.5. The molecule has 1 aromatic heterocycles. The summed E-state index contributed by atoms with van der Waals surface area (Å²) in [6.07, 6.45) is 2.00. The van der Waals surface area contributed by atoms with Crippen molar-refractivity contribution in [3.63, 3.8) is 0 Å². The minimum absolute atomic E-state index is 0.0609. The predicted molar refractivity (Wildman–Crippen MR) is 68.2 cm³/mol. The number of hydrogen-bond donors (Lipinski definition) is 1. The highest BCUT2D eigenvalue weighted by Gasteiger charge is 2.24. The quantitative estimate of drug-likeness (QED) is 0.839. The molecule has 2 unspecified atom stereocenters. The van der Waals surface area contributed by atoms with Gasteiger partial charge in [0, 0.05) is 13.0 Å². The molecule has 0 spiro atoms. The Morgan fingerprint density at radius 1 is 1.50 bits per heavy atom. The molecule has 0 aliphatic carbocycles. The molecule has 1 aromatic rings. The molecule has 0 amide bonds. The van der Waals surface area contributed by atoms with Crippen molar-refractivity contribution >= 4 is 0 Å². The molecule has 1 N–H and O–H groups in total. The lowest BCUT2D eigenvalue weighted by molar-refractivity contribution is 0.0217. The molecule has 102 valence electrons. The van der Waals surface area contributed by atoms with E-state index in [4.69, 9.17) is 9.26 Å². The van der Waals surface area contributed by atoms with Crippen LogP contribution in [0.5, 0.6) is 0 Å². The standard InChI is InChI=1S/C13H23N3O2/c1-4-17-12(9(2)3)13-15-11(18-16-13)7-10-5-6-14-8-10/h9-10,12,14H,4-8H2,1-3H3. The number of rotatable bonds is 6.